The lowest BCUT2D eigenvalue weighted by Crippen LogP contribution is -2.44. The van der Waals surface area contributed by atoms with Crippen LogP contribution in [0.25, 0.3) is 0 Å². The molecule has 3 heteroatoms. The van der Waals surface area contributed by atoms with Crippen LogP contribution in [0.15, 0.2) is 24.3 Å². The Morgan fingerprint density at radius 2 is 1.86 bits per heavy atom. The van der Waals surface area contributed by atoms with E-state index in [1.165, 1.54) is 37.7 Å². The van der Waals surface area contributed by atoms with Crippen molar-refractivity contribution < 1.29 is 4.79 Å². The molecule has 2 fully saturated rings. The van der Waals surface area contributed by atoms with Gasteiger partial charge in [0.15, 0.2) is 0 Å². The fourth-order valence-electron chi connectivity index (χ4n) is 3.86. The number of amides is 1. The Balaban J connectivity index is 1.49. The average molecular weight is 286 g/mol. The second-order valence-electron chi connectivity index (χ2n) is 6.74. The van der Waals surface area contributed by atoms with Crippen LogP contribution in [0.4, 0.5) is 5.69 Å². The number of likely N-dealkylation sites (tertiary alicyclic amines) is 1. The van der Waals surface area contributed by atoms with Gasteiger partial charge in [-0.3, -0.25) is 9.69 Å². The van der Waals surface area contributed by atoms with Crippen LogP contribution in [0.2, 0.25) is 0 Å². The molecule has 3 rings (SSSR count). The van der Waals surface area contributed by atoms with E-state index in [0.717, 1.165) is 30.6 Å². The second kappa shape index (κ2) is 6.61. The van der Waals surface area contributed by atoms with Gasteiger partial charge < -0.3 is 5.32 Å². The Labute approximate surface area is 127 Å². The monoisotopic (exact) mass is 286 g/mol. The first-order valence-electron chi connectivity index (χ1n) is 8.29. The number of piperidine rings is 1. The van der Waals surface area contributed by atoms with Crippen LogP contribution in [0.1, 0.15) is 37.7 Å². The third-order valence-corrected chi connectivity index (χ3v) is 5.08. The van der Waals surface area contributed by atoms with Crippen LogP contribution in [0, 0.1) is 18.8 Å². The summed E-state index contributed by atoms with van der Waals surface area (Å²) < 4.78 is 0. The summed E-state index contributed by atoms with van der Waals surface area (Å²) in [7, 11) is 0. The van der Waals surface area contributed by atoms with Crippen molar-refractivity contribution in [2.24, 2.45) is 11.8 Å². The number of rotatable bonds is 3. The van der Waals surface area contributed by atoms with Crippen molar-refractivity contribution in [3.63, 3.8) is 0 Å². The van der Waals surface area contributed by atoms with E-state index in [0.29, 0.717) is 6.54 Å². The highest BCUT2D eigenvalue weighted by molar-refractivity contribution is 5.92. The van der Waals surface area contributed by atoms with E-state index in [-0.39, 0.29) is 5.91 Å². The predicted octanol–water partition coefficient (Wildman–Crippen LogP) is 3.45. The number of nitrogens with one attached hydrogen (secondary N) is 1. The van der Waals surface area contributed by atoms with Crippen LogP contribution in [0.5, 0.6) is 0 Å². The summed E-state index contributed by atoms with van der Waals surface area (Å²) in [5.74, 6) is 1.88. The van der Waals surface area contributed by atoms with Crippen LogP contribution in [-0.4, -0.2) is 30.4 Å². The van der Waals surface area contributed by atoms with Crippen LogP contribution >= 0.6 is 0 Å². The van der Waals surface area contributed by atoms with Gasteiger partial charge in [0.1, 0.15) is 0 Å². The van der Waals surface area contributed by atoms with E-state index in [1.807, 2.05) is 24.3 Å². The summed E-state index contributed by atoms with van der Waals surface area (Å²) >= 11 is 0. The van der Waals surface area contributed by atoms with Gasteiger partial charge >= 0.3 is 0 Å². The SMILES string of the molecule is Cc1ccc(NC(=O)CN2CC[C@@H]3CCCC[C@@H]3C2)cc1. The average Bonchev–Trinajstić information content (AvgIpc) is 2.49. The highest BCUT2D eigenvalue weighted by atomic mass is 16.2. The number of benzene rings is 1. The largest absolute Gasteiger partial charge is 0.325 e. The van der Waals surface area contributed by atoms with Crippen molar-refractivity contribution >= 4 is 11.6 Å². The summed E-state index contributed by atoms with van der Waals surface area (Å²) in [6.07, 6.45) is 6.84. The van der Waals surface area contributed by atoms with Crippen molar-refractivity contribution in [3.8, 4) is 0 Å². The maximum atomic E-state index is 12.2. The molecule has 0 spiro atoms. The highest BCUT2D eigenvalue weighted by Crippen LogP contribution is 2.35. The van der Waals surface area contributed by atoms with Gasteiger partial charge in [0.25, 0.3) is 0 Å². The molecule has 114 valence electrons. The number of anilines is 1. The Hall–Kier alpha value is -1.35. The summed E-state index contributed by atoms with van der Waals surface area (Å²) in [5, 5.41) is 3.01. The molecule has 0 aromatic heterocycles. The lowest BCUT2D eigenvalue weighted by molar-refractivity contribution is -0.118. The molecule has 0 bridgehead atoms. The minimum absolute atomic E-state index is 0.119. The molecule has 1 saturated heterocycles. The zero-order valence-electron chi connectivity index (χ0n) is 13.0. The number of carbonyl (C=O) groups is 1. The molecule has 1 heterocycles. The van der Waals surface area contributed by atoms with Crippen molar-refractivity contribution in [2.45, 2.75) is 39.0 Å². The van der Waals surface area contributed by atoms with E-state index < -0.39 is 0 Å². The van der Waals surface area contributed by atoms with Gasteiger partial charge in [-0.2, -0.15) is 0 Å². The van der Waals surface area contributed by atoms with Crippen molar-refractivity contribution in [2.75, 3.05) is 25.0 Å². The summed E-state index contributed by atoms with van der Waals surface area (Å²) in [6.45, 7) is 4.80. The van der Waals surface area contributed by atoms with Gasteiger partial charge in [-0.05, 0) is 50.3 Å². The topological polar surface area (TPSA) is 32.3 Å². The first kappa shape index (κ1) is 14.6. The molecule has 1 aromatic carbocycles. The van der Waals surface area contributed by atoms with E-state index in [1.54, 1.807) is 0 Å². The van der Waals surface area contributed by atoms with Crippen LogP contribution < -0.4 is 5.32 Å². The van der Waals surface area contributed by atoms with Gasteiger partial charge in [-0.1, -0.05) is 37.0 Å². The third-order valence-electron chi connectivity index (χ3n) is 5.08. The molecule has 0 unspecified atom stereocenters. The summed E-state index contributed by atoms with van der Waals surface area (Å²) in [5.41, 5.74) is 2.12. The van der Waals surface area contributed by atoms with E-state index in [4.69, 9.17) is 0 Å². The number of fused-ring (bicyclic) bond motifs is 1. The molecule has 21 heavy (non-hydrogen) atoms. The number of hydrogen-bond donors (Lipinski definition) is 1. The molecule has 2 atom stereocenters. The fourth-order valence-corrected chi connectivity index (χ4v) is 3.86. The van der Waals surface area contributed by atoms with Crippen LogP contribution in [-0.2, 0) is 4.79 Å². The number of carbonyl (C=O) groups excluding carboxylic acids is 1. The number of hydrogen-bond acceptors (Lipinski definition) is 2. The minimum atomic E-state index is 0.119. The van der Waals surface area contributed by atoms with Crippen LogP contribution in [0.3, 0.4) is 0 Å². The van der Waals surface area contributed by atoms with Gasteiger partial charge in [-0.15, -0.1) is 0 Å². The normalized spacial score (nSPS) is 26.1. The lowest BCUT2D eigenvalue weighted by atomic mass is 9.75. The summed E-state index contributed by atoms with van der Waals surface area (Å²) in [4.78, 5) is 14.5. The Morgan fingerprint density at radius 3 is 2.62 bits per heavy atom. The quantitative estimate of drug-likeness (QED) is 0.923. The van der Waals surface area contributed by atoms with E-state index in [9.17, 15) is 4.79 Å². The standard InChI is InChI=1S/C18H26N2O/c1-14-6-8-17(9-7-14)19-18(21)13-20-11-10-15-4-2-3-5-16(15)12-20/h6-9,15-16H,2-5,10-13H2,1H3,(H,19,21)/t15-,16+/m0/s1. The zero-order valence-corrected chi connectivity index (χ0v) is 13.0. The smallest absolute Gasteiger partial charge is 0.238 e. The van der Waals surface area contributed by atoms with Crippen molar-refractivity contribution in [1.82, 2.24) is 4.90 Å². The van der Waals surface area contributed by atoms with Gasteiger partial charge in [0.05, 0.1) is 6.54 Å². The van der Waals surface area contributed by atoms with Gasteiger partial charge in [0, 0.05) is 12.2 Å². The zero-order chi connectivity index (χ0) is 14.7. The Bertz CT molecular complexity index is 482. The molecule has 1 N–H and O–H groups in total. The van der Waals surface area contributed by atoms with Crippen molar-refractivity contribution in [3.05, 3.63) is 29.8 Å². The Kier molecular flexibility index (Phi) is 4.59. The molecule has 1 aliphatic heterocycles. The molecule has 1 aromatic rings. The number of aryl methyl sites for hydroxylation is 1. The Morgan fingerprint density at radius 1 is 1.14 bits per heavy atom. The first-order valence-corrected chi connectivity index (χ1v) is 8.29. The van der Waals surface area contributed by atoms with Gasteiger partial charge in [-0.25, -0.2) is 0 Å². The maximum Gasteiger partial charge on any atom is 0.238 e. The minimum Gasteiger partial charge on any atom is -0.325 e. The molecule has 1 amide bonds. The molecule has 0 radical (unpaired) electrons. The molecule has 1 aliphatic carbocycles. The first-order chi connectivity index (χ1) is 10.2. The molecule has 1 saturated carbocycles. The molecule has 3 nitrogen and oxygen atoms in total. The predicted molar refractivity (Wildman–Crippen MR) is 86.3 cm³/mol. The molecule has 2 aliphatic rings. The fraction of sp³-hybridized carbons (Fsp3) is 0.611. The van der Waals surface area contributed by atoms with E-state index in [2.05, 4.69) is 17.1 Å². The molecular formula is C18H26N2O. The van der Waals surface area contributed by atoms with Crippen molar-refractivity contribution in [1.29, 1.82) is 0 Å². The number of nitrogens with zero attached hydrogens (tertiary/aromatic N) is 1. The van der Waals surface area contributed by atoms with Gasteiger partial charge in [0.2, 0.25) is 5.91 Å². The maximum absolute atomic E-state index is 12.2. The summed E-state index contributed by atoms with van der Waals surface area (Å²) in [6, 6.07) is 8.01. The third kappa shape index (κ3) is 3.85. The molecular weight excluding hydrogens is 260 g/mol. The van der Waals surface area contributed by atoms with E-state index >= 15 is 0 Å². The lowest BCUT2D eigenvalue weighted by Gasteiger charge is -2.41. The highest BCUT2D eigenvalue weighted by Gasteiger charge is 2.31. The second-order valence-corrected chi connectivity index (χ2v) is 6.74.